The smallest absolute Gasteiger partial charge is 0.122 e. The number of aryl methyl sites for hydroxylation is 1. The summed E-state index contributed by atoms with van der Waals surface area (Å²) in [5, 5.41) is 0. The van der Waals surface area contributed by atoms with Crippen LogP contribution in [0.1, 0.15) is 50.2 Å². The average Bonchev–Trinajstić information content (AvgIpc) is 2.76. The minimum absolute atomic E-state index is 0.217. The molecular formula is C15H26N2O. The lowest BCUT2D eigenvalue weighted by Gasteiger charge is -2.37. The van der Waals surface area contributed by atoms with Crippen LogP contribution < -0.4 is 5.73 Å². The summed E-state index contributed by atoms with van der Waals surface area (Å²) < 4.78 is 5.75. The number of nitrogens with zero attached hydrogens (tertiary/aromatic N) is 1. The van der Waals surface area contributed by atoms with Crippen molar-refractivity contribution in [3.8, 4) is 0 Å². The fourth-order valence-corrected chi connectivity index (χ4v) is 3.14. The van der Waals surface area contributed by atoms with E-state index in [1.807, 2.05) is 13.0 Å². The highest BCUT2D eigenvalue weighted by atomic mass is 16.3. The predicted molar refractivity (Wildman–Crippen MR) is 74.4 cm³/mol. The number of furan rings is 1. The molecule has 0 aliphatic heterocycles. The molecule has 18 heavy (non-hydrogen) atoms. The summed E-state index contributed by atoms with van der Waals surface area (Å²) in [6, 6.07) is 4.95. The Labute approximate surface area is 110 Å². The molecule has 3 heteroatoms. The fraction of sp³-hybridized carbons (Fsp3) is 0.733. The Hall–Kier alpha value is -0.800. The maximum absolute atomic E-state index is 5.95. The van der Waals surface area contributed by atoms with E-state index in [0.717, 1.165) is 17.4 Å². The number of nitrogens with two attached hydrogens (primary N) is 1. The quantitative estimate of drug-likeness (QED) is 0.893. The maximum atomic E-state index is 5.95. The Balaban J connectivity index is 2.07. The topological polar surface area (TPSA) is 42.4 Å². The van der Waals surface area contributed by atoms with Gasteiger partial charge in [-0.1, -0.05) is 19.8 Å². The van der Waals surface area contributed by atoms with Crippen LogP contribution in [0.25, 0.3) is 0 Å². The summed E-state index contributed by atoms with van der Waals surface area (Å²) in [7, 11) is 2.19. The van der Waals surface area contributed by atoms with Crippen molar-refractivity contribution >= 4 is 0 Å². The standard InChI is InChI=1S/C15H26N2O/c1-11-5-4-6-13(9-11)17(3)14(10-16)15-8-7-12(2)18-15/h7-8,11,13-14H,4-6,9-10,16H2,1-3H3. The molecule has 3 nitrogen and oxygen atoms in total. The minimum Gasteiger partial charge on any atom is -0.465 e. The van der Waals surface area contributed by atoms with Gasteiger partial charge in [-0.25, -0.2) is 0 Å². The molecule has 0 aromatic carbocycles. The highest BCUT2D eigenvalue weighted by molar-refractivity contribution is 5.10. The normalized spacial score (nSPS) is 26.5. The van der Waals surface area contributed by atoms with Crippen LogP contribution in [0.15, 0.2) is 16.5 Å². The van der Waals surface area contributed by atoms with Gasteiger partial charge in [-0.05, 0) is 44.9 Å². The van der Waals surface area contributed by atoms with Crippen LogP contribution in [0, 0.1) is 12.8 Å². The lowest BCUT2D eigenvalue weighted by molar-refractivity contribution is 0.109. The van der Waals surface area contributed by atoms with Gasteiger partial charge in [0.15, 0.2) is 0 Å². The predicted octanol–water partition coefficient (Wildman–Crippen LogP) is 3.10. The first-order valence-corrected chi connectivity index (χ1v) is 7.10. The SMILES string of the molecule is Cc1ccc(C(CN)N(C)C2CCCC(C)C2)o1. The third-order valence-electron chi connectivity index (χ3n) is 4.29. The van der Waals surface area contributed by atoms with Crippen LogP contribution >= 0.6 is 0 Å². The van der Waals surface area contributed by atoms with Gasteiger partial charge in [0.1, 0.15) is 11.5 Å². The average molecular weight is 250 g/mol. The second kappa shape index (κ2) is 5.89. The van der Waals surface area contributed by atoms with Gasteiger partial charge >= 0.3 is 0 Å². The number of rotatable bonds is 4. The van der Waals surface area contributed by atoms with Crippen LogP contribution in [0.2, 0.25) is 0 Å². The van der Waals surface area contributed by atoms with Crippen LogP contribution in [0.4, 0.5) is 0 Å². The molecule has 0 bridgehead atoms. The van der Waals surface area contributed by atoms with Crippen molar-refractivity contribution in [2.75, 3.05) is 13.6 Å². The van der Waals surface area contributed by atoms with Gasteiger partial charge < -0.3 is 10.2 Å². The van der Waals surface area contributed by atoms with Crippen molar-refractivity contribution in [2.24, 2.45) is 11.7 Å². The zero-order chi connectivity index (χ0) is 13.1. The summed E-state index contributed by atoms with van der Waals surface area (Å²) in [6.45, 7) is 4.96. The number of hydrogen-bond acceptors (Lipinski definition) is 3. The highest BCUT2D eigenvalue weighted by Crippen LogP contribution is 2.31. The molecule has 1 aliphatic rings. The molecule has 3 atom stereocenters. The lowest BCUT2D eigenvalue weighted by atomic mass is 9.86. The zero-order valence-electron chi connectivity index (χ0n) is 11.9. The molecule has 3 unspecified atom stereocenters. The zero-order valence-corrected chi connectivity index (χ0v) is 11.9. The molecule has 1 saturated carbocycles. The molecule has 2 rings (SSSR count). The van der Waals surface area contributed by atoms with Crippen LogP contribution in [0.5, 0.6) is 0 Å². The van der Waals surface area contributed by atoms with Crippen LogP contribution in [-0.2, 0) is 0 Å². The molecule has 0 spiro atoms. The Morgan fingerprint density at radius 2 is 2.22 bits per heavy atom. The highest BCUT2D eigenvalue weighted by Gasteiger charge is 2.28. The summed E-state index contributed by atoms with van der Waals surface area (Å²) in [4.78, 5) is 2.42. The fourth-order valence-electron chi connectivity index (χ4n) is 3.14. The molecule has 1 heterocycles. The van der Waals surface area contributed by atoms with Gasteiger partial charge in [0, 0.05) is 12.6 Å². The summed E-state index contributed by atoms with van der Waals surface area (Å²) in [5.41, 5.74) is 5.95. The molecule has 1 fully saturated rings. The second-order valence-corrected chi connectivity index (χ2v) is 5.79. The first-order chi connectivity index (χ1) is 8.61. The molecule has 0 radical (unpaired) electrons. The van der Waals surface area contributed by atoms with Crippen molar-refractivity contribution in [3.63, 3.8) is 0 Å². The van der Waals surface area contributed by atoms with E-state index in [-0.39, 0.29) is 6.04 Å². The molecule has 0 saturated heterocycles. The second-order valence-electron chi connectivity index (χ2n) is 5.79. The molecule has 1 aromatic rings. The monoisotopic (exact) mass is 250 g/mol. The first kappa shape index (κ1) is 13.6. The summed E-state index contributed by atoms with van der Waals surface area (Å²) in [5.74, 6) is 2.81. The van der Waals surface area contributed by atoms with E-state index in [9.17, 15) is 0 Å². The van der Waals surface area contributed by atoms with Crippen LogP contribution in [0.3, 0.4) is 0 Å². The number of likely N-dealkylation sites (N-methyl/N-ethyl adjacent to an activating group) is 1. The van der Waals surface area contributed by atoms with E-state index in [4.69, 9.17) is 10.2 Å². The Kier molecular flexibility index (Phi) is 4.46. The van der Waals surface area contributed by atoms with E-state index in [1.54, 1.807) is 0 Å². The van der Waals surface area contributed by atoms with Gasteiger partial charge in [0.05, 0.1) is 6.04 Å². The third kappa shape index (κ3) is 2.96. The molecule has 1 aliphatic carbocycles. The third-order valence-corrected chi connectivity index (χ3v) is 4.29. The number of hydrogen-bond donors (Lipinski definition) is 1. The van der Waals surface area contributed by atoms with Crippen molar-refractivity contribution < 1.29 is 4.42 Å². The van der Waals surface area contributed by atoms with E-state index >= 15 is 0 Å². The van der Waals surface area contributed by atoms with Crippen LogP contribution in [-0.4, -0.2) is 24.5 Å². The van der Waals surface area contributed by atoms with Crippen molar-refractivity contribution in [2.45, 2.75) is 51.6 Å². The Morgan fingerprint density at radius 1 is 1.44 bits per heavy atom. The van der Waals surface area contributed by atoms with E-state index in [0.29, 0.717) is 12.6 Å². The Morgan fingerprint density at radius 3 is 2.78 bits per heavy atom. The summed E-state index contributed by atoms with van der Waals surface area (Å²) >= 11 is 0. The maximum Gasteiger partial charge on any atom is 0.122 e. The lowest BCUT2D eigenvalue weighted by Crippen LogP contribution is -2.40. The minimum atomic E-state index is 0.217. The Bertz CT molecular complexity index is 374. The van der Waals surface area contributed by atoms with E-state index in [2.05, 4.69) is 24.9 Å². The summed E-state index contributed by atoms with van der Waals surface area (Å²) in [6.07, 6.45) is 5.28. The van der Waals surface area contributed by atoms with Crippen molar-refractivity contribution in [1.82, 2.24) is 4.90 Å². The van der Waals surface area contributed by atoms with Crippen molar-refractivity contribution in [3.05, 3.63) is 23.7 Å². The van der Waals surface area contributed by atoms with Gasteiger partial charge in [0.25, 0.3) is 0 Å². The molecular weight excluding hydrogens is 224 g/mol. The largest absolute Gasteiger partial charge is 0.465 e. The van der Waals surface area contributed by atoms with Crippen molar-refractivity contribution in [1.29, 1.82) is 0 Å². The van der Waals surface area contributed by atoms with E-state index < -0.39 is 0 Å². The van der Waals surface area contributed by atoms with E-state index in [1.165, 1.54) is 25.7 Å². The van der Waals surface area contributed by atoms with Gasteiger partial charge in [0.2, 0.25) is 0 Å². The molecule has 0 amide bonds. The van der Waals surface area contributed by atoms with Gasteiger partial charge in [-0.3, -0.25) is 4.90 Å². The van der Waals surface area contributed by atoms with Gasteiger partial charge in [-0.2, -0.15) is 0 Å². The molecule has 1 aromatic heterocycles. The first-order valence-electron chi connectivity index (χ1n) is 7.10. The molecule has 2 N–H and O–H groups in total. The molecule has 102 valence electrons. The van der Waals surface area contributed by atoms with Gasteiger partial charge in [-0.15, -0.1) is 0 Å².